The first-order valence-corrected chi connectivity index (χ1v) is 6.54. The van der Waals surface area contributed by atoms with Crippen LogP contribution in [0.2, 0.25) is 5.02 Å². The highest BCUT2D eigenvalue weighted by atomic mass is 35.5. The zero-order valence-corrected chi connectivity index (χ0v) is 11.6. The molecule has 0 aliphatic carbocycles. The summed E-state index contributed by atoms with van der Waals surface area (Å²) in [7, 11) is 0. The van der Waals surface area contributed by atoms with Crippen LogP contribution in [-0.4, -0.2) is 6.54 Å². The van der Waals surface area contributed by atoms with E-state index in [0.29, 0.717) is 34.8 Å². The molecule has 2 aromatic carbocycles. The van der Waals surface area contributed by atoms with E-state index in [0.717, 1.165) is 6.54 Å². The van der Waals surface area contributed by atoms with Gasteiger partial charge < -0.3 is 5.32 Å². The fraction of sp³-hybridized carbons (Fsp3) is 0.200. The van der Waals surface area contributed by atoms with Gasteiger partial charge in [-0.2, -0.15) is 0 Å². The average Bonchev–Trinajstić information content (AvgIpc) is 2.36. The van der Waals surface area contributed by atoms with Crippen LogP contribution < -0.4 is 5.32 Å². The molecular weight excluding hydrogens is 287 g/mol. The topological polar surface area (TPSA) is 12.0 Å². The third kappa shape index (κ3) is 3.14. The van der Waals surface area contributed by atoms with Crippen LogP contribution in [0.1, 0.15) is 12.5 Å². The van der Waals surface area contributed by atoms with Crippen LogP contribution >= 0.6 is 11.6 Å². The lowest BCUT2D eigenvalue weighted by Crippen LogP contribution is -2.13. The Balaban J connectivity index is 2.59. The summed E-state index contributed by atoms with van der Waals surface area (Å²) in [4.78, 5) is 0. The van der Waals surface area contributed by atoms with Crippen LogP contribution in [0.15, 0.2) is 30.3 Å². The van der Waals surface area contributed by atoms with Crippen LogP contribution in [0, 0.1) is 17.5 Å². The second-order valence-corrected chi connectivity index (χ2v) is 4.76. The second-order valence-electron chi connectivity index (χ2n) is 4.33. The maximum atomic E-state index is 13.9. The average molecular weight is 300 g/mol. The van der Waals surface area contributed by atoms with E-state index < -0.39 is 17.5 Å². The number of hydrogen-bond donors (Lipinski definition) is 1. The Kier molecular flexibility index (Phi) is 4.68. The normalized spacial score (nSPS) is 10.8. The summed E-state index contributed by atoms with van der Waals surface area (Å²) in [5.41, 5.74) is 0.760. The molecule has 0 unspecified atom stereocenters. The van der Waals surface area contributed by atoms with Gasteiger partial charge in [0.2, 0.25) is 0 Å². The molecule has 0 atom stereocenters. The van der Waals surface area contributed by atoms with Gasteiger partial charge in [-0.05, 0) is 29.8 Å². The Morgan fingerprint density at radius 3 is 2.30 bits per heavy atom. The molecular formula is C15H13ClF3N. The Labute approximate surface area is 120 Å². The third-order valence-corrected chi connectivity index (χ3v) is 3.15. The highest BCUT2D eigenvalue weighted by Gasteiger charge is 2.17. The van der Waals surface area contributed by atoms with E-state index in [1.54, 1.807) is 12.1 Å². The molecule has 1 N–H and O–H groups in total. The Morgan fingerprint density at radius 1 is 1.05 bits per heavy atom. The van der Waals surface area contributed by atoms with E-state index >= 15 is 0 Å². The molecule has 0 saturated carbocycles. The summed E-state index contributed by atoms with van der Waals surface area (Å²) in [5, 5.41) is 3.45. The highest BCUT2D eigenvalue weighted by Crippen LogP contribution is 2.32. The third-order valence-electron chi connectivity index (χ3n) is 2.91. The minimum Gasteiger partial charge on any atom is -0.313 e. The molecule has 5 heteroatoms. The molecule has 1 nitrogen and oxygen atoms in total. The monoisotopic (exact) mass is 299 g/mol. The van der Waals surface area contributed by atoms with E-state index in [4.69, 9.17) is 11.6 Å². The van der Waals surface area contributed by atoms with Gasteiger partial charge in [0.25, 0.3) is 0 Å². The maximum Gasteiger partial charge on any atom is 0.136 e. The van der Waals surface area contributed by atoms with E-state index in [9.17, 15) is 13.2 Å². The van der Waals surface area contributed by atoms with Crippen LogP contribution in [0.25, 0.3) is 11.1 Å². The van der Waals surface area contributed by atoms with E-state index in [1.165, 1.54) is 6.07 Å². The fourth-order valence-electron chi connectivity index (χ4n) is 1.99. The minimum absolute atomic E-state index is 0.262. The van der Waals surface area contributed by atoms with Crippen LogP contribution in [0.4, 0.5) is 13.2 Å². The highest BCUT2D eigenvalue weighted by molar-refractivity contribution is 6.30. The van der Waals surface area contributed by atoms with Gasteiger partial charge in [-0.15, -0.1) is 0 Å². The molecule has 20 heavy (non-hydrogen) atoms. The smallest absolute Gasteiger partial charge is 0.136 e. The van der Waals surface area contributed by atoms with Gasteiger partial charge in [-0.1, -0.05) is 24.6 Å². The second kappa shape index (κ2) is 6.29. The van der Waals surface area contributed by atoms with E-state index in [2.05, 4.69) is 5.32 Å². The van der Waals surface area contributed by atoms with E-state index in [-0.39, 0.29) is 5.56 Å². The van der Waals surface area contributed by atoms with Gasteiger partial charge in [0.15, 0.2) is 0 Å². The van der Waals surface area contributed by atoms with Gasteiger partial charge in [-0.3, -0.25) is 0 Å². The van der Waals surface area contributed by atoms with Crippen molar-refractivity contribution in [3.05, 3.63) is 58.4 Å². The zero-order chi connectivity index (χ0) is 14.7. The number of halogens is 4. The predicted molar refractivity (Wildman–Crippen MR) is 74.1 cm³/mol. The summed E-state index contributed by atoms with van der Waals surface area (Å²) >= 11 is 5.90. The van der Waals surface area contributed by atoms with Crippen molar-refractivity contribution < 1.29 is 13.2 Å². The molecule has 0 aliphatic rings. The number of benzene rings is 2. The van der Waals surface area contributed by atoms with Crippen LogP contribution in [-0.2, 0) is 6.54 Å². The van der Waals surface area contributed by atoms with Gasteiger partial charge in [0, 0.05) is 23.7 Å². The summed E-state index contributed by atoms with van der Waals surface area (Å²) in [5.74, 6) is -2.83. The maximum absolute atomic E-state index is 13.9. The van der Waals surface area contributed by atoms with Crippen molar-refractivity contribution >= 4 is 11.6 Å². The Hall–Kier alpha value is -1.52. The first kappa shape index (κ1) is 14.9. The molecule has 2 rings (SSSR count). The molecule has 0 amide bonds. The SMILES string of the molecule is CCNCc1ccc(Cl)cc1-c1c(F)cc(F)cc1F. The first-order chi connectivity index (χ1) is 9.52. The number of hydrogen-bond acceptors (Lipinski definition) is 1. The van der Waals surface area contributed by atoms with Gasteiger partial charge >= 0.3 is 0 Å². The number of nitrogens with one attached hydrogen (secondary N) is 1. The molecule has 0 aromatic heterocycles. The molecule has 0 bridgehead atoms. The molecule has 0 aliphatic heterocycles. The summed E-state index contributed by atoms with van der Waals surface area (Å²) in [6.07, 6.45) is 0. The summed E-state index contributed by atoms with van der Waals surface area (Å²) in [6.45, 7) is 3.09. The Morgan fingerprint density at radius 2 is 1.70 bits per heavy atom. The quantitative estimate of drug-likeness (QED) is 0.874. The molecule has 106 valence electrons. The lowest BCUT2D eigenvalue weighted by Gasteiger charge is -2.12. The standard InChI is InChI=1S/C15H13ClF3N/c1-2-20-8-9-3-4-10(16)5-12(9)15-13(18)6-11(17)7-14(15)19/h3-7,20H,2,8H2,1H3. The van der Waals surface area contributed by atoms with Crippen molar-refractivity contribution in [3.63, 3.8) is 0 Å². The van der Waals surface area contributed by atoms with Crippen molar-refractivity contribution in [1.29, 1.82) is 0 Å². The van der Waals surface area contributed by atoms with Crippen molar-refractivity contribution in [2.24, 2.45) is 0 Å². The van der Waals surface area contributed by atoms with Gasteiger partial charge in [-0.25, -0.2) is 13.2 Å². The van der Waals surface area contributed by atoms with Gasteiger partial charge in [0.1, 0.15) is 17.5 Å². The zero-order valence-electron chi connectivity index (χ0n) is 10.8. The summed E-state index contributed by atoms with van der Waals surface area (Å²) < 4.78 is 40.8. The molecule has 0 fully saturated rings. The van der Waals surface area contributed by atoms with Crippen molar-refractivity contribution in [2.75, 3.05) is 6.54 Å². The van der Waals surface area contributed by atoms with Crippen molar-refractivity contribution in [2.45, 2.75) is 13.5 Å². The molecule has 0 saturated heterocycles. The predicted octanol–water partition coefficient (Wildman–Crippen LogP) is 4.53. The molecule has 0 spiro atoms. The van der Waals surface area contributed by atoms with E-state index in [1.807, 2.05) is 6.92 Å². The summed E-state index contributed by atoms with van der Waals surface area (Å²) in [6, 6.07) is 6.15. The lowest BCUT2D eigenvalue weighted by atomic mass is 9.98. The molecule has 2 aromatic rings. The largest absolute Gasteiger partial charge is 0.313 e. The molecule has 0 radical (unpaired) electrons. The fourth-order valence-corrected chi connectivity index (χ4v) is 2.17. The minimum atomic E-state index is -0.945. The first-order valence-electron chi connectivity index (χ1n) is 6.17. The van der Waals surface area contributed by atoms with Crippen LogP contribution in [0.5, 0.6) is 0 Å². The van der Waals surface area contributed by atoms with Gasteiger partial charge in [0.05, 0.1) is 5.56 Å². The number of rotatable bonds is 4. The Bertz CT molecular complexity index is 606. The molecule has 0 heterocycles. The van der Waals surface area contributed by atoms with Crippen molar-refractivity contribution in [1.82, 2.24) is 5.32 Å². The lowest BCUT2D eigenvalue weighted by molar-refractivity contribution is 0.547. The van der Waals surface area contributed by atoms with Crippen molar-refractivity contribution in [3.8, 4) is 11.1 Å². The van der Waals surface area contributed by atoms with Crippen LogP contribution in [0.3, 0.4) is 0 Å².